The first kappa shape index (κ1) is 26.2. The number of carbonyl (C=O) groups is 3. The monoisotopic (exact) mass is 497 g/mol. The molecule has 2 bridgehead atoms. The molecule has 196 valence electrons. The first-order chi connectivity index (χ1) is 17.2. The Morgan fingerprint density at radius 2 is 1.78 bits per heavy atom. The Morgan fingerprint density at radius 3 is 2.53 bits per heavy atom. The highest BCUT2D eigenvalue weighted by atomic mass is 16.5. The first-order valence-electron chi connectivity index (χ1n) is 13.0. The highest BCUT2D eigenvalue weighted by Gasteiger charge is 2.35. The molecule has 0 unspecified atom stereocenters. The van der Waals surface area contributed by atoms with E-state index in [0.29, 0.717) is 64.7 Å². The van der Waals surface area contributed by atoms with Crippen molar-refractivity contribution < 1.29 is 23.9 Å². The van der Waals surface area contributed by atoms with E-state index in [1.54, 1.807) is 4.90 Å². The van der Waals surface area contributed by atoms with E-state index in [9.17, 15) is 14.4 Å². The third-order valence-electron chi connectivity index (χ3n) is 7.27. The van der Waals surface area contributed by atoms with Crippen molar-refractivity contribution in [2.24, 2.45) is 17.3 Å². The minimum Gasteiger partial charge on any atom is -0.489 e. The van der Waals surface area contributed by atoms with Gasteiger partial charge in [-0.1, -0.05) is 51.1 Å². The van der Waals surface area contributed by atoms with Crippen LogP contribution in [0.5, 0.6) is 5.75 Å². The van der Waals surface area contributed by atoms with Gasteiger partial charge in [0.2, 0.25) is 17.7 Å². The zero-order valence-corrected chi connectivity index (χ0v) is 21.8. The predicted octanol–water partition coefficient (Wildman–Crippen LogP) is 2.72. The van der Waals surface area contributed by atoms with Crippen LogP contribution in [0.4, 0.5) is 0 Å². The third kappa shape index (κ3) is 6.46. The molecule has 3 heterocycles. The van der Waals surface area contributed by atoms with Crippen LogP contribution in [-0.2, 0) is 25.7 Å². The molecule has 36 heavy (non-hydrogen) atoms. The fourth-order valence-electron chi connectivity index (χ4n) is 5.18. The Kier molecular flexibility index (Phi) is 8.34. The maximum atomic E-state index is 13.4. The van der Waals surface area contributed by atoms with Crippen molar-refractivity contribution in [3.8, 4) is 5.75 Å². The van der Waals surface area contributed by atoms with Gasteiger partial charge in [-0.2, -0.15) is 0 Å². The van der Waals surface area contributed by atoms with E-state index in [4.69, 9.17) is 9.47 Å². The van der Waals surface area contributed by atoms with Crippen LogP contribution in [0.15, 0.2) is 36.4 Å². The van der Waals surface area contributed by atoms with Gasteiger partial charge in [-0.25, -0.2) is 0 Å². The molecule has 4 rings (SSSR count). The van der Waals surface area contributed by atoms with Gasteiger partial charge in [-0.15, -0.1) is 0 Å². The molecule has 2 atom stereocenters. The predicted molar refractivity (Wildman–Crippen MR) is 136 cm³/mol. The summed E-state index contributed by atoms with van der Waals surface area (Å²) in [6, 6.07) is 7.67. The number of para-hydroxylation sites is 1. The molecule has 0 saturated carbocycles. The van der Waals surface area contributed by atoms with Gasteiger partial charge in [0.25, 0.3) is 0 Å². The second kappa shape index (κ2) is 11.5. The lowest BCUT2D eigenvalue weighted by Crippen LogP contribution is -2.50. The van der Waals surface area contributed by atoms with Crippen LogP contribution in [0.1, 0.15) is 39.2 Å². The molecular weight excluding hydrogens is 458 g/mol. The summed E-state index contributed by atoms with van der Waals surface area (Å²) >= 11 is 0. The molecule has 1 aromatic rings. The number of benzene rings is 1. The van der Waals surface area contributed by atoms with Crippen molar-refractivity contribution in [2.75, 3.05) is 52.5 Å². The summed E-state index contributed by atoms with van der Waals surface area (Å²) in [6.07, 6.45) is 5.33. The molecule has 3 amide bonds. The molecule has 3 aliphatic heterocycles. The van der Waals surface area contributed by atoms with Gasteiger partial charge < -0.3 is 24.2 Å². The minimum atomic E-state index is -0.610. The standard InChI is InChI=1S/C28H39N3O5/c1-28(2,3)27(34)31-19-23-7-4-5-9-24(23)36-14-6-8-22-18-30(26(33)20-31)11-10-21(22)17-25(32)29-12-15-35-16-13-29/h4-9,21-22H,10-20H2,1-3H3/t21-,22-/m0/s1. The average Bonchev–Trinajstić information content (AvgIpc) is 2.87. The van der Waals surface area contributed by atoms with Crippen molar-refractivity contribution in [3.05, 3.63) is 42.0 Å². The zero-order chi connectivity index (χ0) is 25.7. The van der Waals surface area contributed by atoms with E-state index in [1.807, 2.05) is 60.9 Å². The lowest BCUT2D eigenvalue weighted by Gasteiger charge is -2.39. The van der Waals surface area contributed by atoms with Crippen LogP contribution in [0, 0.1) is 17.3 Å². The van der Waals surface area contributed by atoms with E-state index in [-0.39, 0.29) is 36.1 Å². The largest absolute Gasteiger partial charge is 0.489 e. The minimum absolute atomic E-state index is 0.0260. The molecule has 0 N–H and O–H groups in total. The number of fused-ring (bicyclic) bond motifs is 3. The Labute approximate surface area is 214 Å². The number of piperidine rings is 1. The van der Waals surface area contributed by atoms with E-state index < -0.39 is 5.41 Å². The summed E-state index contributed by atoms with van der Waals surface area (Å²) < 4.78 is 11.5. The van der Waals surface area contributed by atoms with Crippen molar-refractivity contribution in [1.82, 2.24) is 14.7 Å². The third-order valence-corrected chi connectivity index (χ3v) is 7.27. The SMILES string of the molecule is CC(C)(C)C(=O)N1CC(=O)N2CC[C@@H](CC(=O)N3CCOCC3)[C@@H](C=CCOc3ccccc3C1)C2. The molecule has 0 spiro atoms. The molecule has 0 radical (unpaired) electrons. The highest BCUT2D eigenvalue weighted by Crippen LogP contribution is 2.30. The van der Waals surface area contributed by atoms with Crippen LogP contribution < -0.4 is 4.74 Å². The second-order valence-corrected chi connectivity index (χ2v) is 11.0. The molecule has 3 aliphatic rings. The van der Waals surface area contributed by atoms with Crippen LogP contribution in [0.2, 0.25) is 0 Å². The van der Waals surface area contributed by atoms with Crippen LogP contribution >= 0.6 is 0 Å². The Bertz CT molecular complexity index is 980. The van der Waals surface area contributed by atoms with Gasteiger partial charge in [0, 0.05) is 50.1 Å². The summed E-state index contributed by atoms with van der Waals surface area (Å²) in [4.78, 5) is 45.1. The quantitative estimate of drug-likeness (QED) is 0.587. The van der Waals surface area contributed by atoms with Crippen LogP contribution in [0.3, 0.4) is 0 Å². The molecule has 1 aromatic carbocycles. The zero-order valence-electron chi connectivity index (χ0n) is 21.8. The van der Waals surface area contributed by atoms with Gasteiger partial charge in [0.15, 0.2) is 0 Å². The summed E-state index contributed by atoms with van der Waals surface area (Å²) in [5.74, 6) is 0.960. The number of amides is 3. The molecule has 2 saturated heterocycles. The van der Waals surface area contributed by atoms with E-state index >= 15 is 0 Å². The fourth-order valence-corrected chi connectivity index (χ4v) is 5.18. The average molecular weight is 498 g/mol. The van der Waals surface area contributed by atoms with Crippen molar-refractivity contribution in [3.63, 3.8) is 0 Å². The number of morpholine rings is 1. The number of ether oxygens (including phenoxy) is 2. The highest BCUT2D eigenvalue weighted by molar-refractivity contribution is 5.87. The maximum Gasteiger partial charge on any atom is 0.242 e. The molecule has 8 nitrogen and oxygen atoms in total. The number of hydrogen-bond acceptors (Lipinski definition) is 5. The van der Waals surface area contributed by atoms with Crippen molar-refractivity contribution >= 4 is 17.7 Å². The summed E-state index contributed by atoms with van der Waals surface area (Å²) in [5, 5.41) is 0. The maximum absolute atomic E-state index is 13.4. The number of nitrogens with zero attached hydrogens (tertiary/aromatic N) is 3. The second-order valence-electron chi connectivity index (χ2n) is 11.0. The van der Waals surface area contributed by atoms with Crippen molar-refractivity contribution in [1.29, 1.82) is 0 Å². The summed E-state index contributed by atoms with van der Waals surface area (Å²) in [7, 11) is 0. The van der Waals surface area contributed by atoms with E-state index in [1.165, 1.54) is 0 Å². The first-order valence-corrected chi connectivity index (χ1v) is 13.0. The number of rotatable bonds is 2. The number of hydrogen-bond donors (Lipinski definition) is 0. The lowest BCUT2D eigenvalue weighted by atomic mass is 9.82. The van der Waals surface area contributed by atoms with Crippen LogP contribution in [-0.4, -0.2) is 85.0 Å². The molecule has 8 heteroatoms. The van der Waals surface area contributed by atoms with Gasteiger partial charge in [-0.05, 0) is 24.3 Å². The molecule has 0 aromatic heterocycles. The fraction of sp³-hybridized carbons (Fsp3) is 0.607. The van der Waals surface area contributed by atoms with E-state index in [0.717, 1.165) is 12.0 Å². The molecule has 0 aliphatic carbocycles. The van der Waals surface area contributed by atoms with Gasteiger partial charge >= 0.3 is 0 Å². The Balaban J connectivity index is 1.55. The van der Waals surface area contributed by atoms with Gasteiger partial charge in [0.05, 0.1) is 13.2 Å². The summed E-state index contributed by atoms with van der Waals surface area (Å²) in [6.45, 7) is 9.95. The van der Waals surface area contributed by atoms with Gasteiger partial charge in [-0.3, -0.25) is 14.4 Å². The Morgan fingerprint density at radius 1 is 1.03 bits per heavy atom. The Hall–Kier alpha value is -2.87. The van der Waals surface area contributed by atoms with E-state index in [2.05, 4.69) is 6.08 Å². The van der Waals surface area contributed by atoms with Crippen molar-refractivity contribution in [2.45, 2.75) is 40.2 Å². The molecule has 2 fully saturated rings. The van der Waals surface area contributed by atoms with Gasteiger partial charge in [0.1, 0.15) is 18.9 Å². The lowest BCUT2D eigenvalue weighted by molar-refractivity contribution is -0.147. The topological polar surface area (TPSA) is 79.4 Å². The number of carbonyl (C=O) groups excluding carboxylic acids is 3. The smallest absolute Gasteiger partial charge is 0.242 e. The normalized spacial score (nSPS) is 23.6. The molecular formula is C28H39N3O5. The summed E-state index contributed by atoms with van der Waals surface area (Å²) in [5.41, 5.74) is 0.267. The van der Waals surface area contributed by atoms with Crippen LogP contribution in [0.25, 0.3) is 0 Å².